The summed E-state index contributed by atoms with van der Waals surface area (Å²) < 4.78 is 0. The molecule has 0 heterocycles. The number of fused-ring (bicyclic) bond motifs is 3. The predicted octanol–water partition coefficient (Wildman–Crippen LogP) is -0.554. The average Bonchev–Trinajstić information content (AvgIpc) is 2.75. The number of nitrogens with zero attached hydrogens (tertiary/aromatic N) is 1. The Morgan fingerprint density at radius 3 is 2.29 bits per heavy atom. The maximum Gasteiger partial charge on any atom is 0.238 e. The van der Waals surface area contributed by atoms with Crippen LogP contribution in [0.4, 0.5) is 0 Å². The summed E-state index contributed by atoms with van der Waals surface area (Å²) in [6.07, 6.45) is -0.266. The highest BCUT2D eigenvalue weighted by molar-refractivity contribution is 6.34. The van der Waals surface area contributed by atoms with E-state index in [2.05, 4.69) is 5.32 Å². The number of carbonyl (C=O) groups excluding carboxylic acids is 5. The quantitative estimate of drug-likeness (QED) is 0.397. The van der Waals surface area contributed by atoms with Crippen LogP contribution in [0.25, 0.3) is 0 Å². The fourth-order valence-corrected chi connectivity index (χ4v) is 6.43. The molecule has 7 atom stereocenters. The molecule has 0 bridgehead atoms. The first-order chi connectivity index (χ1) is 15.7. The molecule has 0 radical (unpaired) electrons. The summed E-state index contributed by atoms with van der Waals surface area (Å²) in [5.74, 6) is -11.8. The Bertz CT molecular complexity index is 1160. The molecule has 0 aromatic heterocycles. The van der Waals surface area contributed by atoms with E-state index in [-0.39, 0.29) is 22.6 Å². The summed E-state index contributed by atoms with van der Waals surface area (Å²) in [4.78, 5) is 67.7. The molecular formula is C23H25ClN2O8. The van der Waals surface area contributed by atoms with Crippen molar-refractivity contribution in [1.29, 1.82) is 0 Å². The largest absolute Gasteiger partial charge is 0.507 e. The molecule has 11 heteroatoms. The van der Waals surface area contributed by atoms with Crippen molar-refractivity contribution in [3.63, 3.8) is 0 Å². The van der Waals surface area contributed by atoms with E-state index < -0.39 is 75.7 Å². The van der Waals surface area contributed by atoms with E-state index in [1.54, 1.807) is 0 Å². The Kier molecular flexibility index (Phi) is 5.52. The monoisotopic (exact) mass is 492 g/mol. The number of phenolic OH excluding ortho intramolecular Hbond substituents is 1. The third-order valence-corrected chi connectivity index (χ3v) is 7.97. The van der Waals surface area contributed by atoms with E-state index in [0.717, 1.165) is 6.07 Å². The second-order valence-electron chi connectivity index (χ2n) is 9.61. The Labute approximate surface area is 199 Å². The molecule has 2 saturated carbocycles. The van der Waals surface area contributed by atoms with Crippen LogP contribution in [0.5, 0.6) is 5.75 Å². The number of benzene rings is 1. The van der Waals surface area contributed by atoms with Gasteiger partial charge >= 0.3 is 0 Å². The molecule has 3 aliphatic carbocycles. The third kappa shape index (κ3) is 2.89. The summed E-state index contributed by atoms with van der Waals surface area (Å²) in [7, 11) is 4.23. The van der Waals surface area contributed by atoms with Gasteiger partial charge in [-0.05, 0) is 39.6 Å². The van der Waals surface area contributed by atoms with Crippen molar-refractivity contribution < 1.29 is 39.3 Å². The van der Waals surface area contributed by atoms with Crippen LogP contribution >= 0.6 is 11.6 Å². The zero-order valence-electron chi connectivity index (χ0n) is 19.0. The average molecular weight is 493 g/mol. The van der Waals surface area contributed by atoms with Crippen molar-refractivity contribution >= 4 is 40.6 Å². The second kappa shape index (κ2) is 7.67. The van der Waals surface area contributed by atoms with Gasteiger partial charge in [-0.15, -0.1) is 0 Å². The number of aliphatic hydroxyl groups is 2. The highest BCUT2D eigenvalue weighted by atomic mass is 35.5. The van der Waals surface area contributed by atoms with E-state index in [4.69, 9.17) is 11.6 Å². The van der Waals surface area contributed by atoms with Gasteiger partial charge in [0.15, 0.2) is 34.7 Å². The van der Waals surface area contributed by atoms with Crippen LogP contribution in [-0.4, -0.2) is 82.0 Å². The fraction of sp³-hybridized carbons (Fsp3) is 0.522. The Morgan fingerprint density at radius 1 is 1.12 bits per heavy atom. The van der Waals surface area contributed by atoms with Crippen LogP contribution in [0.3, 0.4) is 0 Å². The van der Waals surface area contributed by atoms with Gasteiger partial charge in [0, 0.05) is 29.5 Å². The highest BCUT2D eigenvalue weighted by Gasteiger charge is 2.71. The molecule has 4 rings (SSSR count). The van der Waals surface area contributed by atoms with Crippen molar-refractivity contribution in [3.05, 3.63) is 28.3 Å². The minimum Gasteiger partial charge on any atom is -0.507 e. The molecule has 2 fully saturated rings. The first-order valence-electron chi connectivity index (χ1n) is 10.7. The number of amides is 1. The topological polar surface area (TPSA) is 161 Å². The summed E-state index contributed by atoms with van der Waals surface area (Å²) in [5.41, 5.74) is -5.16. The minimum absolute atomic E-state index is 0.00229. The zero-order chi connectivity index (χ0) is 25.5. The Hall–Kier alpha value is -2.66. The van der Waals surface area contributed by atoms with Gasteiger partial charge in [0.1, 0.15) is 5.75 Å². The molecule has 1 amide bonds. The maximum absolute atomic E-state index is 13.8. The number of ketones is 4. The molecule has 3 aliphatic rings. The minimum atomic E-state index is -2.82. The lowest BCUT2D eigenvalue weighted by atomic mass is 9.49. The number of likely N-dealkylation sites (N-methyl/N-ethyl adjacent to an activating group) is 1. The lowest BCUT2D eigenvalue weighted by Gasteiger charge is -2.55. The number of aromatic hydroxyl groups is 1. The van der Waals surface area contributed by atoms with Crippen molar-refractivity contribution in [3.8, 4) is 5.75 Å². The second-order valence-corrected chi connectivity index (χ2v) is 10.0. The zero-order valence-corrected chi connectivity index (χ0v) is 19.7. The Balaban J connectivity index is 1.96. The lowest BCUT2D eigenvalue weighted by molar-refractivity contribution is -0.188. The third-order valence-electron chi connectivity index (χ3n) is 7.65. The molecule has 0 spiro atoms. The van der Waals surface area contributed by atoms with Crippen LogP contribution < -0.4 is 5.32 Å². The van der Waals surface area contributed by atoms with Gasteiger partial charge in [-0.2, -0.15) is 0 Å². The summed E-state index contributed by atoms with van der Waals surface area (Å²) in [6, 6.07) is 1.24. The molecule has 1 aromatic rings. The first-order valence-corrected chi connectivity index (χ1v) is 11.1. The standard InChI is InChI=1S/C23H25ClN2O8/c1-22(33)8-7-9-16(26(3)4)18(29)14(21(32)25-2)20(31)23(9,34)19(30)12(8)17(28)13-11(27)6-5-10(24)15(13)22/h5-6,8-9,12,14,16,27,33-34H,7H2,1-4H3,(H,25,32). The number of phenols is 1. The molecule has 7 unspecified atom stereocenters. The van der Waals surface area contributed by atoms with E-state index in [1.807, 2.05) is 0 Å². The van der Waals surface area contributed by atoms with Crippen molar-refractivity contribution in [2.75, 3.05) is 21.1 Å². The van der Waals surface area contributed by atoms with Gasteiger partial charge in [-0.1, -0.05) is 11.6 Å². The van der Waals surface area contributed by atoms with Gasteiger partial charge in [0.25, 0.3) is 0 Å². The Morgan fingerprint density at radius 2 is 1.74 bits per heavy atom. The smallest absolute Gasteiger partial charge is 0.238 e. The van der Waals surface area contributed by atoms with Crippen molar-refractivity contribution in [1.82, 2.24) is 10.2 Å². The number of Topliss-reactive ketones (excluding diaryl/α,β-unsaturated/α-hetero) is 4. The number of rotatable bonds is 2. The molecule has 10 nitrogen and oxygen atoms in total. The molecule has 0 saturated heterocycles. The van der Waals surface area contributed by atoms with Gasteiger partial charge in [-0.3, -0.25) is 28.9 Å². The molecule has 1 aromatic carbocycles. The van der Waals surface area contributed by atoms with Crippen LogP contribution in [0, 0.1) is 23.7 Å². The van der Waals surface area contributed by atoms with E-state index in [1.165, 1.54) is 39.0 Å². The van der Waals surface area contributed by atoms with Gasteiger partial charge in [-0.25, -0.2) is 0 Å². The summed E-state index contributed by atoms with van der Waals surface area (Å²) in [5, 5.41) is 35.7. The van der Waals surface area contributed by atoms with Crippen LogP contribution in [0.15, 0.2) is 12.1 Å². The number of carbonyl (C=O) groups is 5. The van der Waals surface area contributed by atoms with E-state index in [9.17, 15) is 39.3 Å². The van der Waals surface area contributed by atoms with Crippen molar-refractivity contribution in [2.24, 2.45) is 23.7 Å². The molecule has 4 N–H and O–H groups in total. The van der Waals surface area contributed by atoms with Crippen molar-refractivity contribution in [2.45, 2.75) is 30.6 Å². The highest BCUT2D eigenvalue weighted by Crippen LogP contribution is 2.56. The van der Waals surface area contributed by atoms with Crippen LogP contribution in [0.1, 0.15) is 29.3 Å². The SMILES string of the molecule is CNC(=O)C1C(=O)C(N(C)C)C2CC3C(C(=O)c4c(O)ccc(Cl)c4C3(C)O)C(=O)C2(O)C1=O. The van der Waals surface area contributed by atoms with Gasteiger partial charge in [0.2, 0.25) is 5.91 Å². The number of hydrogen-bond donors (Lipinski definition) is 4. The summed E-state index contributed by atoms with van der Waals surface area (Å²) >= 11 is 6.27. The normalized spacial score (nSPS) is 37.2. The van der Waals surface area contributed by atoms with Gasteiger partial charge < -0.3 is 20.6 Å². The van der Waals surface area contributed by atoms with E-state index in [0.29, 0.717) is 0 Å². The molecule has 0 aliphatic heterocycles. The predicted molar refractivity (Wildman–Crippen MR) is 117 cm³/mol. The summed E-state index contributed by atoms with van der Waals surface area (Å²) in [6.45, 7) is 1.34. The number of hydrogen-bond acceptors (Lipinski definition) is 9. The van der Waals surface area contributed by atoms with E-state index >= 15 is 0 Å². The number of nitrogens with one attached hydrogen (secondary N) is 1. The van der Waals surface area contributed by atoms with Gasteiger partial charge in [0.05, 0.1) is 23.1 Å². The fourth-order valence-electron chi connectivity index (χ4n) is 6.08. The number of halogens is 1. The molecule has 34 heavy (non-hydrogen) atoms. The van der Waals surface area contributed by atoms with Crippen LogP contribution in [0.2, 0.25) is 5.02 Å². The molecular weight excluding hydrogens is 468 g/mol. The molecule has 182 valence electrons. The maximum atomic E-state index is 13.8. The lowest BCUT2D eigenvalue weighted by Crippen LogP contribution is -2.75. The first kappa shape index (κ1) is 24.5. The van der Waals surface area contributed by atoms with Crippen LogP contribution in [-0.2, 0) is 24.8 Å².